The molecule has 0 aliphatic rings. The maximum Gasteiger partial charge on any atom is 0.185 e. The molecule has 0 saturated carbocycles. The average Bonchev–Trinajstić information content (AvgIpc) is 3.14. The smallest absolute Gasteiger partial charge is 0.185 e. The topological polar surface area (TPSA) is 68.0 Å². The van der Waals surface area contributed by atoms with E-state index in [9.17, 15) is 0 Å². The van der Waals surface area contributed by atoms with Gasteiger partial charge in [-0.3, -0.25) is 0 Å². The normalized spacial score (nSPS) is 11.2. The first kappa shape index (κ1) is 17.2. The van der Waals surface area contributed by atoms with E-state index < -0.39 is 0 Å². The standard InChI is InChI=1S/C17H14Cl2N6S/c1-9-14(21-10(2)26-9)8-20-15-3-4-16-22-23-17(25(16)24-15)11-5-12(18)7-13(19)6-11/h3-7H,8H2,1-2H3,(H,20,24). The van der Waals surface area contributed by atoms with Crippen molar-refractivity contribution in [3.05, 3.63) is 56.0 Å². The SMILES string of the molecule is Cc1nc(CNc2ccc3nnc(-c4cc(Cl)cc(Cl)c4)n3n2)c(C)s1. The Balaban J connectivity index is 1.67. The molecule has 132 valence electrons. The lowest BCUT2D eigenvalue weighted by atomic mass is 10.2. The molecule has 0 bridgehead atoms. The number of rotatable bonds is 4. The third-order valence-corrected chi connectivity index (χ3v) is 5.19. The average molecular weight is 405 g/mol. The summed E-state index contributed by atoms with van der Waals surface area (Å²) < 4.78 is 1.67. The maximum atomic E-state index is 6.10. The van der Waals surface area contributed by atoms with Crippen molar-refractivity contribution in [3.8, 4) is 11.4 Å². The number of hydrogen-bond acceptors (Lipinski definition) is 6. The van der Waals surface area contributed by atoms with E-state index in [0.717, 1.165) is 16.3 Å². The van der Waals surface area contributed by atoms with Crippen molar-refractivity contribution in [1.29, 1.82) is 0 Å². The lowest BCUT2D eigenvalue weighted by Gasteiger charge is -2.06. The molecule has 0 saturated heterocycles. The van der Waals surface area contributed by atoms with Gasteiger partial charge in [-0.2, -0.15) is 4.52 Å². The van der Waals surface area contributed by atoms with E-state index in [2.05, 4.69) is 32.5 Å². The number of benzene rings is 1. The highest BCUT2D eigenvalue weighted by molar-refractivity contribution is 7.11. The minimum atomic E-state index is 0.535. The zero-order valence-corrected chi connectivity index (χ0v) is 16.3. The van der Waals surface area contributed by atoms with E-state index >= 15 is 0 Å². The van der Waals surface area contributed by atoms with Crippen molar-refractivity contribution in [2.24, 2.45) is 0 Å². The molecule has 0 spiro atoms. The predicted octanol–water partition coefficient (Wildman–Crippen LogP) is 4.78. The summed E-state index contributed by atoms with van der Waals surface area (Å²) >= 11 is 13.9. The molecular weight excluding hydrogens is 391 g/mol. The molecule has 1 N–H and O–H groups in total. The predicted molar refractivity (Wildman–Crippen MR) is 105 cm³/mol. The summed E-state index contributed by atoms with van der Waals surface area (Å²) in [4.78, 5) is 5.73. The first-order valence-electron chi connectivity index (χ1n) is 7.85. The fraction of sp³-hybridized carbons (Fsp3) is 0.176. The highest BCUT2D eigenvalue weighted by Gasteiger charge is 2.12. The van der Waals surface area contributed by atoms with Crippen LogP contribution in [0, 0.1) is 13.8 Å². The van der Waals surface area contributed by atoms with E-state index in [4.69, 9.17) is 23.2 Å². The number of nitrogens with one attached hydrogen (secondary N) is 1. The zero-order valence-electron chi connectivity index (χ0n) is 14.0. The van der Waals surface area contributed by atoms with Gasteiger partial charge in [-0.1, -0.05) is 23.2 Å². The Morgan fingerprint density at radius 2 is 1.85 bits per heavy atom. The molecule has 26 heavy (non-hydrogen) atoms. The van der Waals surface area contributed by atoms with Crippen molar-refractivity contribution in [2.75, 3.05) is 5.32 Å². The molecule has 0 amide bonds. The van der Waals surface area contributed by atoms with Gasteiger partial charge < -0.3 is 5.32 Å². The van der Waals surface area contributed by atoms with E-state index in [0.29, 0.717) is 33.9 Å². The van der Waals surface area contributed by atoms with Crippen LogP contribution in [-0.4, -0.2) is 24.8 Å². The van der Waals surface area contributed by atoms with Gasteiger partial charge >= 0.3 is 0 Å². The van der Waals surface area contributed by atoms with E-state index in [-0.39, 0.29) is 0 Å². The van der Waals surface area contributed by atoms with Gasteiger partial charge in [0.15, 0.2) is 11.5 Å². The molecule has 0 radical (unpaired) electrons. The molecular formula is C17H14Cl2N6S. The van der Waals surface area contributed by atoms with Gasteiger partial charge in [0.1, 0.15) is 5.82 Å². The van der Waals surface area contributed by atoms with Crippen LogP contribution >= 0.6 is 34.5 Å². The summed E-state index contributed by atoms with van der Waals surface area (Å²) in [5, 5.41) is 18.4. The number of nitrogens with zero attached hydrogens (tertiary/aromatic N) is 5. The molecule has 4 aromatic rings. The molecule has 4 rings (SSSR count). The molecule has 0 unspecified atom stereocenters. The second-order valence-electron chi connectivity index (χ2n) is 5.76. The van der Waals surface area contributed by atoms with Crippen LogP contribution < -0.4 is 5.32 Å². The Bertz CT molecular complexity index is 1080. The van der Waals surface area contributed by atoms with Crippen LogP contribution in [-0.2, 0) is 6.54 Å². The summed E-state index contributed by atoms with van der Waals surface area (Å²) in [6.45, 7) is 4.68. The van der Waals surface area contributed by atoms with Crippen molar-refractivity contribution >= 4 is 46.0 Å². The number of hydrogen-bond donors (Lipinski definition) is 1. The van der Waals surface area contributed by atoms with Crippen LogP contribution in [0.2, 0.25) is 10.0 Å². The first-order chi connectivity index (χ1) is 12.5. The maximum absolute atomic E-state index is 6.10. The summed E-state index contributed by atoms with van der Waals surface area (Å²) in [6.07, 6.45) is 0. The largest absolute Gasteiger partial charge is 0.363 e. The van der Waals surface area contributed by atoms with Crippen LogP contribution in [0.5, 0.6) is 0 Å². The molecule has 0 fully saturated rings. The van der Waals surface area contributed by atoms with Gasteiger partial charge in [0, 0.05) is 20.5 Å². The summed E-state index contributed by atoms with van der Waals surface area (Å²) in [5.41, 5.74) is 2.42. The van der Waals surface area contributed by atoms with Crippen molar-refractivity contribution < 1.29 is 0 Å². The Kier molecular flexibility index (Phi) is 4.52. The van der Waals surface area contributed by atoms with Gasteiger partial charge in [-0.05, 0) is 44.2 Å². The summed E-state index contributed by atoms with van der Waals surface area (Å²) in [5.74, 6) is 1.28. The molecule has 1 aromatic carbocycles. The number of halogens is 2. The molecule has 6 nitrogen and oxygen atoms in total. The molecule has 3 aromatic heterocycles. The van der Waals surface area contributed by atoms with Crippen molar-refractivity contribution in [1.82, 2.24) is 24.8 Å². The zero-order chi connectivity index (χ0) is 18.3. The first-order valence-corrected chi connectivity index (χ1v) is 9.42. The second-order valence-corrected chi connectivity index (χ2v) is 8.04. The minimum Gasteiger partial charge on any atom is -0.363 e. The number of thiazole rings is 1. The van der Waals surface area contributed by atoms with Crippen LogP contribution in [0.25, 0.3) is 17.0 Å². The fourth-order valence-electron chi connectivity index (χ4n) is 2.66. The Morgan fingerprint density at radius 1 is 1.08 bits per heavy atom. The van der Waals surface area contributed by atoms with Crippen LogP contribution in [0.15, 0.2) is 30.3 Å². The lowest BCUT2D eigenvalue weighted by molar-refractivity contribution is 0.918. The van der Waals surface area contributed by atoms with Crippen molar-refractivity contribution in [2.45, 2.75) is 20.4 Å². The summed E-state index contributed by atoms with van der Waals surface area (Å²) in [7, 11) is 0. The Hall–Kier alpha value is -2.22. The second kappa shape index (κ2) is 6.83. The third-order valence-electron chi connectivity index (χ3n) is 3.82. The highest BCUT2D eigenvalue weighted by Crippen LogP contribution is 2.26. The van der Waals surface area contributed by atoms with E-state index in [1.807, 2.05) is 19.1 Å². The number of fused-ring (bicyclic) bond motifs is 1. The monoisotopic (exact) mass is 404 g/mol. The van der Waals surface area contributed by atoms with Gasteiger partial charge in [0.25, 0.3) is 0 Å². The minimum absolute atomic E-state index is 0.535. The quantitative estimate of drug-likeness (QED) is 0.529. The Morgan fingerprint density at radius 3 is 2.54 bits per heavy atom. The van der Waals surface area contributed by atoms with E-state index in [1.54, 1.807) is 34.1 Å². The number of anilines is 1. The van der Waals surface area contributed by atoms with Gasteiger partial charge in [0.2, 0.25) is 0 Å². The Labute approximate surface area is 163 Å². The summed E-state index contributed by atoms with van der Waals surface area (Å²) in [6, 6.07) is 8.97. The van der Waals surface area contributed by atoms with Gasteiger partial charge in [-0.15, -0.1) is 26.6 Å². The van der Waals surface area contributed by atoms with Gasteiger partial charge in [-0.25, -0.2) is 4.98 Å². The lowest BCUT2D eigenvalue weighted by Crippen LogP contribution is -2.06. The molecule has 3 heterocycles. The number of aromatic nitrogens is 5. The molecule has 9 heteroatoms. The molecule has 0 aliphatic heterocycles. The molecule has 0 atom stereocenters. The molecule has 0 aliphatic carbocycles. The van der Waals surface area contributed by atoms with Crippen LogP contribution in [0.1, 0.15) is 15.6 Å². The third kappa shape index (κ3) is 3.38. The van der Waals surface area contributed by atoms with E-state index in [1.165, 1.54) is 4.88 Å². The number of aryl methyl sites for hydroxylation is 2. The highest BCUT2D eigenvalue weighted by atomic mass is 35.5. The fourth-order valence-corrected chi connectivity index (χ4v) is 4.02. The van der Waals surface area contributed by atoms with Crippen LogP contribution in [0.4, 0.5) is 5.82 Å². The van der Waals surface area contributed by atoms with Crippen LogP contribution in [0.3, 0.4) is 0 Å². The van der Waals surface area contributed by atoms with Crippen molar-refractivity contribution in [3.63, 3.8) is 0 Å². The van der Waals surface area contributed by atoms with Gasteiger partial charge in [0.05, 0.1) is 17.2 Å².